The van der Waals surface area contributed by atoms with Crippen LogP contribution in [0, 0.1) is 17.1 Å². The molecule has 0 radical (unpaired) electrons. The van der Waals surface area contributed by atoms with Crippen LogP contribution in [0.1, 0.15) is 38.7 Å². The van der Waals surface area contributed by atoms with Crippen LogP contribution in [0.4, 0.5) is 13.2 Å². The minimum atomic E-state index is -3.05. The van der Waals surface area contributed by atoms with Crippen molar-refractivity contribution in [2.75, 3.05) is 7.11 Å². The van der Waals surface area contributed by atoms with Crippen LogP contribution >= 0.6 is 0 Å². The second-order valence-electron chi connectivity index (χ2n) is 11.6. The van der Waals surface area contributed by atoms with E-state index in [1.807, 2.05) is 30.5 Å². The van der Waals surface area contributed by atoms with Gasteiger partial charge in [0.1, 0.15) is 34.4 Å². The van der Waals surface area contributed by atoms with Crippen LogP contribution in [0.15, 0.2) is 116 Å². The fourth-order valence-corrected chi connectivity index (χ4v) is 5.74. The van der Waals surface area contributed by atoms with Crippen molar-refractivity contribution in [1.82, 2.24) is 38.7 Å². The van der Waals surface area contributed by atoms with E-state index in [0.717, 1.165) is 17.2 Å². The lowest BCUT2D eigenvalue weighted by molar-refractivity contribution is 0.0600. The van der Waals surface area contributed by atoms with Gasteiger partial charge in [-0.15, -0.1) is 0 Å². The predicted molar refractivity (Wildman–Crippen MR) is 193 cm³/mol. The zero-order valence-corrected chi connectivity index (χ0v) is 28.5. The number of halogens is 3. The van der Waals surface area contributed by atoms with Gasteiger partial charge in [0.05, 0.1) is 47.8 Å². The first-order chi connectivity index (χ1) is 26.7. The molecule has 0 atom stereocenters. The van der Waals surface area contributed by atoms with Gasteiger partial charge in [0.2, 0.25) is 0 Å². The van der Waals surface area contributed by atoms with Crippen LogP contribution in [0.5, 0.6) is 0 Å². The molecule has 0 spiro atoms. The van der Waals surface area contributed by atoms with E-state index in [1.54, 1.807) is 53.2 Å². The summed E-state index contributed by atoms with van der Waals surface area (Å²) < 4.78 is 47.6. The highest BCUT2D eigenvalue weighted by Crippen LogP contribution is 2.32. The summed E-state index contributed by atoms with van der Waals surface area (Å²) >= 11 is 0. The number of primary amides is 1. The molecule has 0 aliphatic rings. The maximum absolute atomic E-state index is 13.6. The van der Waals surface area contributed by atoms with Crippen LogP contribution in [-0.4, -0.2) is 57.7 Å². The zero-order chi connectivity index (χ0) is 38.6. The molecular weight excluding hydrogens is 713 g/mol. The Balaban J connectivity index is 0.000000169. The maximum Gasteiger partial charge on any atom is 0.339 e. The summed E-state index contributed by atoms with van der Waals surface area (Å²) in [6, 6.07) is 22.1. The predicted octanol–water partition coefficient (Wildman–Crippen LogP) is 6.75. The molecule has 1 amide bonds. The van der Waals surface area contributed by atoms with Gasteiger partial charge in [-0.25, -0.2) is 32.9 Å². The van der Waals surface area contributed by atoms with Gasteiger partial charge in [-0.2, -0.15) is 5.26 Å². The van der Waals surface area contributed by atoms with Gasteiger partial charge in [-0.1, -0.05) is 12.1 Å². The molecule has 0 unspecified atom stereocenters. The Bertz CT molecular complexity index is 2780. The SMILES string of the molecule is COC(=O)c1ccc(-c2ncccc2-c2ccc3ncc(C#N)n3c2)nc1.NC(=O)c1cnc2ccc(-c3cccnc3-c3ccc(F)c(C(F)F)n3)cn12. The van der Waals surface area contributed by atoms with E-state index in [9.17, 15) is 28.0 Å². The normalized spacial score (nSPS) is 10.9. The quantitative estimate of drug-likeness (QED) is 0.172. The van der Waals surface area contributed by atoms with Crippen LogP contribution in [0.25, 0.3) is 56.3 Å². The zero-order valence-electron chi connectivity index (χ0n) is 28.5. The Hall–Kier alpha value is -7.80. The fraction of sp³-hybridized carbons (Fsp3) is 0.0513. The number of methoxy groups -OCH3 is 1. The summed E-state index contributed by atoms with van der Waals surface area (Å²) in [6.07, 6.45) is 7.98. The number of amides is 1. The van der Waals surface area contributed by atoms with E-state index < -0.39 is 29.8 Å². The molecule has 0 bridgehead atoms. The lowest BCUT2D eigenvalue weighted by atomic mass is 10.0. The third-order valence-corrected chi connectivity index (χ3v) is 8.37. The summed E-state index contributed by atoms with van der Waals surface area (Å²) in [4.78, 5) is 48.3. The second-order valence-corrected chi connectivity index (χ2v) is 11.6. The monoisotopic (exact) mass is 738 g/mol. The van der Waals surface area contributed by atoms with Crippen LogP contribution in [0.2, 0.25) is 0 Å². The standard InChI is InChI=1S/C20H13N5O2.C19H12F3N5O/c1-27-20(26)13-4-6-17(23-10-13)19-16(3-2-8-22-19)14-5-7-18-24-11-15(9-21)25(18)12-14;20-12-4-5-13(26-17(12)18(21)22)16-11(2-1-7-24-16)10-3-6-15-25-8-14(19(23)28)27(15)9-10/h2-8,10-12H,1H3;1-9,18H,(H2,23,28). The van der Waals surface area contributed by atoms with Crippen molar-refractivity contribution < 1.29 is 27.5 Å². The average molecular weight is 739 g/mol. The Morgan fingerprint density at radius 3 is 1.98 bits per heavy atom. The van der Waals surface area contributed by atoms with Gasteiger partial charge >= 0.3 is 5.97 Å². The summed E-state index contributed by atoms with van der Waals surface area (Å²) in [5, 5.41) is 9.24. The lowest BCUT2D eigenvalue weighted by Crippen LogP contribution is -2.13. The van der Waals surface area contributed by atoms with Gasteiger partial charge in [-0.05, 0) is 60.7 Å². The number of alkyl halides is 2. The number of ether oxygens (including phenoxy) is 1. The average Bonchev–Trinajstić information content (AvgIpc) is 3.85. The molecule has 8 heterocycles. The number of hydrogen-bond acceptors (Lipinski definition) is 10. The van der Waals surface area contributed by atoms with Gasteiger partial charge in [-0.3, -0.25) is 28.5 Å². The molecule has 8 rings (SSSR count). The van der Waals surface area contributed by atoms with Gasteiger partial charge in [0.25, 0.3) is 12.3 Å². The number of carbonyl (C=O) groups excluding carboxylic acids is 2. The van der Waals surface area contributed by atoms with E-state index in [0.29, 0.717) is 50.8 Å². The van der Waals surface area contributed by atoms with Crippen LogP contribution in [-0.2, 0) is 4.74 Å². The van der Waals surface area contributed by atoms with Crippen molar-refractivity contribution in [1.29, 1.82) is 5.26 Å². The molecule has 8 aromatic rings. The highest BCUT2D eigenvalue weighted by atomic mass is 19.3. The van der Waals surface area contributed by atoms with E-state index in [4.69, 9.17) is 10.5 Å². The molecule has 8 aromatic heterocycles. The number of aromatic nitrogens is 8. The number of nitriles is 1. The summed E-state index contributed by atoms with van der Waals surface area (Å²) in [5.74, 6) is -2.16. The molecule has 16 heteroatoms. The summed E-state index contributed by atoms with van der Waals surface area (Å²) in [7, 11) is 1.33. The third kappa shape index (κ3) is 7.04. The van der Waals surface area contributed by atoms with Crippen molar-refractivity contribution in [2.24, 2.45) is 5.73 Å². The number of nitrogens with zero attached hydrogens (tertiary/aromatic N) is 9. The molecule has 0 saturated carbocycles. The smallest absolute Gasteiger partial charge is 0.339 e. The minimum Gasteiger partial charge on any atom is -0.465 e. The first kappa shape index (κ1) is 35.6. The number of esters is 1. The largest absolute Gasteiger partial charge is 0.465 e. The molecule has 0 saturated heterocycles. The molecule has 55 heavy (non-hydrogen) atoms. The highest BCUT2D eigenvalue weighted by molar-refractivity contribution is 5.92. The summed E-state index contributed by atoms with van der Waals surface area (Å²) in [5.41, 5.74) is 11.3. The van der Waals surface area contributed by atoms with Gasteiger partial charge in [0, 0.05) is 53.2 Å². The van der Waals surface area contributed by atoms with E-state index in [2.05, 4.69) is 36.0 Å². The Morgan fingerprint density at radius 1 is 0.764 bits per heavy atom. The van der Waals surface area contributed by atoms with Crippen molar-refractivity contribution >= 4 is 23.2 Å². The summed E-state index contributed by atoms with van der Waals surface area (Å²) in [6.45, 7) is 0. The van der Waals surface area contributed by atoms with E-state index in [1.165, 1.54) is 42.4 Å². The molecule has 13 nitrogen and oxygen atoms in total. The van der Waals surface area contributed by atoms with Gasteiger partial charge in [0.15, 0.2) is 5.82 Å². The van der Waals surface area contributed by atoms with Gasteiger partial charge < -0.3 is 10.5 Å². The maximum atomic E-state index is 13.6. The molecule has 0 fully saturated rings. The van der Waals surface area contributed by atoms with Crippen molar-refractivity contribution in [3.05, 3.63) is 145 Å². The van der Waals surface area contributed by atoms with Crippen LogP contribution < -0.4 is 5.73 Å². The van der Waals surface area contributed by atoms with E-state index >= 15 is 0 Å². The number of hydrogen-bond donors (Lipinski definition) is 1. The molecule has 2 N–H and O–H groups in total. The first-order valence-corrected chi connectivity index (χ1v) is 16.2. The number of imidazole rings is 2. The molecule has 0 aromatic carbocycles. The Morgan fingerprint density at radius 2 is 1.38 bits per heavy atom. The number of carbonyl (C=O) groups is 2. The highest BCUT2D eigenvalue weighted by Gasteiger charge is 2.19. The molecule has 0 aliphatic heterocycles. The minimum absolute atomic E-state index is 0.105. The van der Waals surface area contributed by atoms with Crippen molar-refractivity contribution in [3.8, 4) is 51.1 Å². The van der Waals surface area contributed by atoms with Crippen molar-refractivity contribution in [3.63, 3.8) is 0 Å². The van der Waals surface area contributed by atoms with E-state index in [-0.39, 0.29) is 11.4 Å². The number of fused-ring (bicyclic) bond motifs is 2. The lowest BCUT2D eigenvalue weighted by Gasteiger charge is -2.11. The topological polar surface area (TPSA) is 179 Å². The van der Waals surface area contributed by atoms with Crippen molar-refractivity contribution in [2.45, 2.75) is 6.43 Å². The molecule has 270 valence electrons. The third-order valence-electron chi connectivity index (χ3n) is 8.37. The molecule has 0 aliphatic carbocycles. The number of pyridine rings is 6. The fourth-order valence-electron chi connectivity index (χ4n) is 5.74. The number of nitrogens with two attached hydrogens (primary N) is 1. The Kier molecular flexibility index (Phi) is 9.74. The Labute approximate surface area is 309 Å². The van der Waals surface area contributed by atoms with Crippen LogP contribution in [0.3, 0.4) is 0 Å². The number of rotatable bonds is 7. The first-order valence-electron chi connectivity index (χ1n) is 16.2. The molecular formula is C39H25F3N10O3. The second kappa shape index (κ2) is 15.0.